The van der Waals surface area contributed by atoms with Crippen LogP contribution in [0.2, 0.25) is 0 Å². The Labute approximate surface area is 106 Å². The molecule has 18 heavy (non-hydrogen) atoms. The number of rotatable bonds is 1. The maximum absolute atomic E-state index is 10.7. The number of aryl methyl sites for hydroxylation is 1. The zero-order valence-electron chi connectivity index (χ0n) is 9.27. The SMILES string of the molecule is Cc1nc2n(n1)[C@H](O)c1cc([N+](=O)[O-])ccc1S2. The van der Waals surface area contributed by atoms with E-state index in [9.17, 15) is 15.2 Å². The molecule has 0 spiro atoms. The van der Waals surface area contributed by atoms with Crippen molar-refractivity contribution >= 4 is 17.4 Å². The molecule has 1 N–H and O–H groups in total. The summed E-state index contributed by atoms with van der Waals surface area (Å²) in [6, 6.07) is 4.40. The number of nitrogens with zero attached hydrogens (tertiary/aromatic N) is 4. The molecule has 0 fully saturated rings. The normalized spacial score (nSPS) is 17.1. The molecule has 7 nitrogen and oxygen atoms in total. The lowest BCUT2D eigenvalue weighted by Gasteiger charge is -2.21. The number of nitro groups is 1. The van der Waals surface area contributed by atoms with E-state index in [1.165, 1.54) is 28.6 Å². The Morgan fingerprint density at radius 2 is 2.33 bits per heavy atom. The molecule has 8 heteroatoms. The molecule has 0 radical (unpaired) electrons. The molecule has 2 aromatic rings. The Balaban J connectivity index is 2.13. The fourth-order valence-electron chi connectivity index (χ4n) is 1.81. The number of fused-ring (bicyclic) bond motifs is 2. The zero-order valence-corrected chi connectivity index (χ0v) is 10.1. The maximum Gasteiger partial charge on any atom is 0.269 e. The van der Waals surface area contributed by atoms with Gasteiger partial charge >= 0.3 is 0 Å². The molecule has 3 rings (SSSR count). The van der Waals surface area contributed by atoms with Crippen LogP contribution < -0.4 is 0 Å². The summed E-state index contributed by atoms with van der Waals surface area (Å²) in [5.41, 5.74) is 0.431. The van der Waals surface area contributed by atoms with Crippen molar-refractivity contribution in [2.24, 2.45) is 0 Å². The lowest BCUT2D eigenvalue weighted by molar-refractivity contribution is -0.385. The van der Waals surface area contributed by atoms with Gasteiger partial charge in [-0.15, -0.1) is 0 Å². The van der Waals surface area contributed by atoms with Crippen molar-refractivity contribution in [2.75, 3.05) is 0 Å². The van der Waals surface area contributed by atoms with Crippen LogP contribution in [-0.4, -0.2) is 24.8 Å². The van der Waals surface area contributed by atoms with Gasteiger partial charge in [-0.1, -0.05) is 0 Å². The number of aliphatic hydroxyl groups is 1. The number of aromatic nitrogens is 3. The molecule has 0 unspecified atom stereocenters. The van der Waals surface area contributed by atoms with Crippen molar-refractivity contribution in [1.29, 1.82) is 0 Å². The predicted molar refractivity (Wildman–Crippen MR) is 62.3 cm³/mol. The summed E-state index contributed by atoms with van der Waals surface area (Å²) in [6.07, 6.45) is -1.03. The highest BCUT2D eigenvalue weighted by Gasteiger charge is 2.28. The Hall–Kier alpha value is -1.93. The lowest BCUT2D eigenvalue weighted by atomic mass is 10.1. The molecule has 0 amide bonds. The van der Waals surface area contributed by atoms with Crippen molar-refractivity contribution in [3.63, 3.8) is 0 Å². The second-order valence-electron chi connectivity index (χ2n) is 3.84. The summed E-state index contributed by atoms with van der Waals surface area (Å²) in [6.45, 7) is 1.73. The third-order valence-electron chi connectivity index (χ3n) is 2.62. The van der Waals surface area contributed by atoms with E-state index in [1.54, 1.807) is 13.0 Å². The number of non-ortho nitro benzene ring substituents is 1. The summed E-state index contributed by atoms with van der Waals surface area (Å²) in [5, 5.41) is 25.5. The molecule has 1 aliphatic rings. The van der Waals surface area contributed by atoms with E-state index in [-0.39, 0.29) is 5.69 Å². The van der Waals surface area contributed by atoms with E-state index in [1.807, 2.05) is 0 Å². The molecule has 0 aliphatic carbocycles. The Morgan fingerprint density at radius 1 is 1.56 bits per heavy atom. The van der Waals surface area contributed by atoms with Gasteiger partial charge in [0.1, 0.15) is 5.82 Å². The molecule has 92 valence electrons. The second-order valence-corrected chi connectivity index (χ2v) is 4.85. The number of nitro benzene ring substituents is 1. The van der Waals surface area contributed by atoms with Crippen LogP contribution in [0.3, 0.4) is 0 Å². The van der Waals surface area contributed by atoms with E-state index in [2.05, 4.69) is 10.1 Å². The Kier molecular flexibility index (Phi) is 2.35. The molecule has 0 saturated carbocycles. The summed E-state index contributed by atoms with van der Waals surface area (Å²) in [7, 11) is 0. The first-order valence-corrected chi connectivity index (χ1v) is 5.95. The van der Waals surface area contributed by atoms with Gasteiger partial charge in [0.25, 0.3) is 5.69 Å². The van der Waals surface area contributed by atoms with Crippen molar-refractivity contribution < 1.29 is 10.0 Å². The van der Waals surface area contributed by atoms with Gasteiger partial charge in [-0.05, 0) is 24.8 Å². The van der Waals surface area contributed by atoms with Crippen molar-refractivity contribution in [2.45, 2.75) is 23.2 Å². The van der Waals surface area contributed by atoms with Gasteiger partial charge in [0, 0.05) is 22.6 Å². The van der Waals surface area contributed by atoms with Gasteiger partial charge in [-0.2, -0.15) is 5.10 Å². The third-order valence-corrected chi connectivity index (χ3v) is 3.67. The minimum atomic E-state index is -1.03. The Bertz CT molecular complexity index is 655. The average molecular weight is 264 g/mol. The summed E-state index contributed by atoms with van der Waals surface area (Å²) in [4.78, 5) is 15.2. The van der Waals surface area contributed by atoms with Crippen LogP contribution in [0.5, 0.6) is 0 Å². The molecule has 1 aromatic heterocycles. The minimum absolute atomic E-state index is 0.0475. The van der Waals surface area contributed by atoms with Gasteiger partial charge in [0.05, 0.1) is 4.92 Å². The van der Waals surface area contributed by atoms with E-state index in [4.69, 9.17) is 0 Å². The molecule has 0 bridgehead atoms. The van der Waals surface area contributed by atoms with E-state index < -0.39 is 11.2 Å². The van der Waals surface area contributed by atoms with Crippen LogP contribution in [0.15, 0.2) is 28.3 Å². The van der Waals surface area contributed by atoms with Crippen LogP contribution in [0, 0.1) is 17.0 Å². The van der Waals surface area contributed by atoms with Crippen molar-refractivity contribution in [1.82, 2.24) is 14.8 Å². The molecular formula is C10H8N4O3S. The summed E-state index contributed by atoms with van der Waals surface area (Å²) < 4.78 is 1.37. The monoisotopic (exact) mass is 264 g/mol. The van der Waals surface area contributed by atoms with Gasteiger partial charge in [-0.3, -0.25) is 10.1 Å². The van der Waals surface area contributed by atoms with Gasteiger partial charge < -0.3 is 5.11 Å². The molecular weight excluding hydrogens is 256 g/mol. The largest absolute Gasteiger partial charge is 0.368 e. The minimum Gasteiger partial charge on any atom is -0.368 e. The highest BCUT2D eigenvalue weighted by atomic mass is 32.2. The van der Waals surface area contributed by atoms with Gasteiger partial charge in [-0.25, -0.2) is 9.67 Å². The zero-order chi connectivity index (χ0) is 12.9. The van der Waals surface area contributed by atoms with E-state index in [0.29, 0.717) is 16.5 Å². The first-order valence-electron chi connectivity index (χ1n) is 5.13. The molecule has 0 saturated heterocycles. The highest BCUT2D eigenvalue weighted by molar-refractivity contribution is 7.99. The van der Waals surface area contributed by atoms with Gasteiger partial charge in [0.2, 0.25) is 0 Å². The maximum atomic E-state index is 10.7. The fraction of sp³-hybridized carbons (Fsp3) is 0.200. The van der Waals surface area contributed by atoms with E-state index in [0.717, 1.165) is 4.90 Å². The lowest BCUT2D eigenvalue weighted by Crippen LogP contribution is -2.17. The first-order chi connectivity index (χ1) is 8.56. The van der Waals surface area contributed by atoms with E-state index >= 15 is 0 Å². The smallest absolute Gasteiger partial charge is 0.269 e. The highest BCUT2D eigenvalue weighted by Crippen LogP contribution is 2.40. The average Bonchev–Trinajstić information content (AvgIpc) is 2.70. The van der Waals surface area contributed by atoms with Crippen LogP contribution >= 0.6 is 11.8 Å². The fourth-order valence-corrected chi connectivity index (χ4v) is 2.84. The molecule has 1 aliphatic heterocycles. The first kappa shape index (κ1) is 11.2. The quantitative estimate of drug-likeness (QED) is 0.619. The second kappa shape index (κ2) is 3.79. The standard InChI is InChI=1S/C10H8N4O3S/c1-5-11-10-13(12-5)9(15)7-4-6(14(16)17)2-3-8(7)18-10/h2-4,9,15H,1H3/t9-/m1/s1. The van der Waals surface area contributed by atoms with Gasteiger partial charge in [0.15, 0.2) is 11.4 Å². The molecule has 2 heterocycles. The summed E-state index contributed by atoms with van der Waals surface area (Å²) in [5.74, 6) is 0.554. The van der Waals surface area contributed by atoms with Crippen molar-refractivity contribution in [3.05, 3.63) is 39.7 Å². The van der Waals surface area contributed by atoms with Crippen LogP contribution in [0.1, 0.15) is 17.6 Å². The molecule has 1 atom stereocenters. The number of benzene rings is 1. The van der Waals surface area contributed by atoms with Crippen molar-refractivity contribution in [3.8, 4) is 0 Å². The number of aliphatic hydroxyl groups excluding tert-OH is 1. The Morgan fingerprint density at radius 3 is 3.06 bits per heavy atom. The molecule has 1 aromatic carbocycles. The topological polar surface area (TPSA) is 94.1 Å². The number of hydrogen-bond donors (Lipinski definition) is 1. The van der Waals surface area contributed by atoms with Crippen LogP contribution in [0.4, 0.5) is 5.69 Å². The number of hydrogen-bond acceptors (Lipinski definition) is 6. The third kappa shape index (κ3) is 1.57. The van der Waals surface area contributed by atoms with Crippen LogP contribution in [-0.2, 0) is 0 Å². The summed E-state index contributed by atoms with van der Waals surface area (Å²) >= 11 is 1.33. The van der Waals surface area contributed by atoms with Crippen LogP contribution in [0.25, 0.3) is 0 Å². The predicted octanol–water partition coefficient (Wildman–Crippen LogP) is 1.50.